The van der Waals surface area contributed by atoms with Gasteiger partial charge in [-0.1, -0.05) is 19.8 Å². The maximum Gasteiger partial charge on any atom is 0.217 e. The molecule has 0 aliphatic carbocycles. The van der Waals surface area contributed by atoms with Crippen LogP contribution in [-0.4, -0.2) is 179 Å². The minimum Gasteiger partial charge on any atom is -0.394 e. The summed E-state index contributed by atoms with van der Waals surface area (Å²) in [4.78, 5) is 63.4. The van der Waals surface area contributed by atoms with E-state index in [-0.39, 0.29) is 35.8 Å². The molecule has 2 aliphatic rings. The number of amides is 1. The monoisotopic (exact) mass is 919 g/mol. The highest BCUT2D eigenvalue weighted by molar-refractivity contribution is 5.79. The number of aliphatic hydroxyl groups excluding tert-OH is 6. The van der Waals surface area contributed by atoms with Crippen molar-refractivity contribution in [3.05, 3.63) is 0 Å². The summed E-state index contributed by atoms with van der Waals surface area (Å²) in [7, 11) is 0. The van der Waals surface area contributed by atoms with E-state index < -0.39 is 80.3 Å². The largest absolute Gasteiger partial charge is 0.394 e. The molecule has 18 nitrogen and oxygen atoms in total. The third kappa shape index (κ3) is 22.9. The zero-order valence-corrected chi connectivity index (χ0v) is 38.9. The second-order valence-electron chi connectivity index (χ2n) is 17.7. The van der Waals surface area contributed by atoms with Crippen LogP contribution >= 0.6 is 0 Å². The third-order valence-electron chi connectivity index (χ3n) is 12.0. The van der Waals surface area contributed by atoms with Gasteiger partial charge in [0.15, 0.2) is 12.6 Å². The zero-order valence-electron chi connectivity index (χ0n) is 38.9. The van der Waals surface area contributed by atoms with Crippen LogP contribution in [0.4, 0.5) is 0 Å². The van der Waals surface area contributed by atoms with Crippen LogP contribution in [0.5, 0.6) is 0 Å². The predicted octanol–water partition coefficient (Wildman–Crippen LogP) is 2.06. The molecule has 18 heteroatoms. The van der Waals surface area contributed by atoms with Crippen LogP contribution in [0.2, 0.25) is 0 Å². The van der Waals surface area contributed by atoms with E-state index in [0.29, 0.717) is 123 Å². The average Bonchev–Trinajstić information content (AvgIpc) is 3.25. The highest BCUT2D eigenvalue weighted by Crippen LogP contribution is 2.27. The molecule has 10 unspecified atom stereocenters. The van der Waals surface area contributed by atoms with E-state index in [0.717, 1.165) is 25.7 Å². The molecule has 0 aromatic carbocycles. The standard InChI is InChI=1S/C46H82N2O16/c1-31(2)48(23-21-36(54)17-9-5-7-15-34(52)19-11-13-25-61-45-32(3)41(56)42(57)38(29-49)63-45)24-28-60-27-22-37(55)18-10-6-8-16-35(53)20-12-14-26-62-46-40(47-33(4)51)44(59)43(58)39(30-50)64-46/h31-32,38-46,49-50,56-59H,5-30H2,1-4H3,(H,47,51). The van der Waals surface area contributed by atoms with Gasteiger partial charge in [0.25, 0.3) is 0 Å². The first-order valence-corrected chi connectivity index (χ1v) is 23.7. The Labute approximate surface area is 380 Å². The molecule has 2 fully saturated rings. The summed E-state index contributed by atoms with van der Waals surface area (Å²) in [6.07, 6.45) is 1.70. The van der Waals surface area contributed by atoms with Gasteiger partial charge in [0.1, 0.15) is 59.7 Å². The molecule has 10 atom stereocenters. The van der Waals surface area contributed by atoms with Crippen LogP contribution in [0.3, 0.4) is 0 Å². The van der Waals surface area contributed by atoms with Crippen molar-refractivity contribution >= 4 is 29.0 Å². The Kier molecular flexibility index (Phi) is 30.0. The van der Waals surface area contributed by atoms with Crippen molar-refractivity contribution in [1.82, 2.24) is 10.2 Å². The minimum absolute atomic E-state index is 0.127. The Balaban J connectivity index is 1.43. The SMILES string of the molecule is CC(=O)NC1C(OCCCCC(=O)CCCCCC(=O)CCOCCN(CCC(=O)CCCCCC(=O)CCCCOC2OC(CO)C(O)C(O)C2C)C(C)C)OC(CO)C(O)C1O. The van der Waals surface area contributed by atoms with Crippen LogP contribution < -0.4 is 5.32 Å². The van der Waals surface area contributed by atoms with E-state index in [1.807, 2.05) is 0 Å². The van der Waals surface area contributed by atoms with Crippen LogP contribution in [0.25, 0.3) is 0 Å². The van der Waals surface area contributed by atoms with Crippen LogP contribution in [0.1, 0.15) is 143 Å². The first kappa shape index (κ1) is 57.8. The first-order valence-electron chi connectivity index (χ1n) is 23.7. The summed E-state index contributed by atoms with van der Waals surface area (Å²) in [6.45, 7) is 8.83. The molecule has 0 aromatic heterocycles. The summed E-state index contributed by atoms with van der Waals surface area (Å²) in [5, 5.41) is 61.8. The van der Waals surface area contributed by atoms with E-state index in [1.165, 1.54) is 6.92 Å². The summed E-state index contributed by atoms with van der Waals surface area (Å²) in [5.41, 5.74) is 0. The van der Waals surface area contributed by atoms with E-state index in [4.69, 9.17) is 23.7 Å². The maximum absolute atomic E-state index is 12.6. The Morgan fingerprint density at radius 3 is 1.47 bits per heavy atom. The van der Waals surface area contributed by atoms with Crippen molar-refractivity contribution in [2.45, 2.75) is 205 Å². The van der Waals surface area contributed by atoms with Crippen molar-refractivity contribution in [3.8, 4) is 0 Å². The lowest BCUT2D eigenvalue weighted by Gasteiger charge is -2.42. The van der Waals surface area contributed by atoms with Gasteiger partial charge >= 0.3 is 0 Å². The van der Waals surface area contributed by atoms with Crippen LogP contribution in [0, 0.1) is 5.92 Å². The van der Waals surface area contributed by atoms with Crippen molar-refractivity contribution < 1.29 is 78.3 Å². The van der Waals surface area contributed by atoms with Crippen molar-refractivity contribution in [1.29, 1.82) is 0 Å². The molecule has 2 saturated heterocycles. The number of rotatable bonds is 37. The van der Waals surface area contributed by atoms with E-state index >= 15 is 0 Å². The molecule has 2 rings (SSSR count). The van der Waals surface area contributed by atoms with Crippen molar-refractivity contribution in [3.63, 3.8) is 0 Å². The second-order valence-corrected chi connectivity index (χ2v) is 17.7. The molecule has 0 bridgehead atoms. The number of aliphatic hydroxyl groups is 6. The van der Waals surface area contributed by atoms with Crippen molar-refractivity contribution in [2.24, 2.45) is 5.92 Å². The molecule has 372 valence electrons. The van der Waals surface area contributed by atoms with Gasteiger partial charge in [0, 0.05) is 96.6 Å². The number of carbonyl (C=O) groups is 5. The Bertz CT molecular complexity index is 1340. The Morgan fingerprint density at radius 2 is 0.984 bits per heavy atom. The fourth-order valence-corrected chi connectivity index (χ4v) is 7.78. The number of hydrogen-bond donors (Lipinski definition) is 7. The van der Waals surface area contributed by atoms with Gasteiger partial charge in [-0.2, -0.15) is 0 Å². The molecule has 0 aromatic rings. The molecule has 0 saturated carbocycles. The van der Waals surface area contributed by atoms with E-state index in [2.05, 4.69) is 24.1 Å². The average molecular weight is 919 g/mol. The quantitative estimate of drug-likeness (QED) is 0.0440. The fourth-order valence-electron chi connectivity index (χ4n) is 7.78. The third-order valence-corrected chi connectivity index (χ3v) is 12.0. The number of hydrogen-bond acceptors (Lipinski definition) is 17. The molecule has 2 heterocycles. The molecule has 0 spiro atoms. The van der Waals surface area contributed by atoms with Gasteiger partial charge in [-0.15, -0.1) is 0 Å². The number of ether oxygens (including phenoxy) is 5. The maximum atomic E-state index is 12.6. The number of Topliss-reactive ketones (excluding diaryl/α,β-unsaturated/α-hetero) is 4. The molecule has 64 heavy (non-hydrogen) atoms. The van der Waals surface area contributed by atoms with Gasteiger partial charge in [0.05, 0.1) is 32.5 Å². The van der Waals surface area contributed by atoms with Gasteiger partial charge < -0.3 is 59.6 Å². The number of carbonyl (C=O) groups excluding carboxylic acids is 5. The van der Waals surface area contributed by atoms with E-state index in [9.17, 15) is 54.6 Å². The summed E-state index contributed by atoms with van der Waals surface area (Å²) >= 11 is 0. The van der Waals surface area contributed by atoms with Gasteiger partial charge in [-0.3, -0.25) is 28.9 Å². The Hall–Kier alpha value is -2.33. The lowest BCUT2D eigenvalue weighted by Crippen LogP contribution is -2.64. The van der Waals surface area contributed by atoms with Crippen LogP contribution in [-0.2, 0) is 47.7 Å². The summed E-state index contributed by atoms with van der Waals surface area (Å²) in [6, 6.07) is -0.764. The molecule has 1 amide bonds. The smallest absolute Gasteiger partial charge is 0.217 e. The number of ketones is 4. The van der Waals surface area contributed by atoms with Crippen molar-refractivity contribution in [2.75, 3.05) is 52.7 Å². The minimum atomic E-state index is -1.38. The Morgan fingerprint density at radius 1 is 0.547 bits per heavy atom. The van der Waals surface area contributed by atoms with Crippen LogP contribution in [0.15, 0.2) is 0 Å². The van der Waals surface area contributed by atoms with Gasteiger partial charge in [-0.05, 0) is 65.2 Å². The van der Waals surface area contributed by atoms with Gasteiger partial charge in [0.2, 0.25) is 5.91 Å². The van der Waals surface area contributed by atoms with Gasteiger partial charge in [-0.25, -0.2) is 0 Å². The number of nitrogens with one attached hydrogen (secondary N) is 1. The fraction of sp³-hybridized carbons (Fsp3) is 0.891. The normalized spacial score (nSPS) is 26.1. The summed E-state index contributed by atoms with van der Waals surface area (Å²) in [5.74, 6) is -0.240. The summed E-state index contributed by atoms with van der Waals surface area (Å²) < 4.78 is 28.2. The first-order chi connectivity index (χ1) is 30.6. The highest BCUT2D eigenvalue weighted by atomic mass is 16.7. The highest BCUT2D eigenvalue weighted by Gasteiger charge is 2.45. The second kappa shape index (κ2) is 33.2. The molecule has 0 radical (unpaired) electrons. The lowest BCUT2D eigenvalue weighted by molar-refractivity contribution is -0.282. The van der Waals surface area contributed by atoms with E-state index in [1.54, 1.807) is 6.92 Å². The topological polar surface area (TPSA) is 268 Å². The predicted molar refractivity (Wildman–Crippen MR) is 235 cm³/mol. The molecular formula is C46H82N2O16. The number of nitrogens with zero attached hydrogens (tertiary/aromatic N) is 1. The molecule has 7 N–H and O–H groups in total. The number of unbranched alkanes of at least 4 members (excludes halogenated alkanes) is 6. The molecule has 2 aliphatic heterocycles. The molecular weight excluding hydrogens is 837 g/mol. The lowest BCUT2D eigenvalue weighted by atomic mass is 9.92. The zero-order chi connectivity index (χ0) is 47.4.